The first kappa shape index (κ1) is 16.5. The summed E-state index contributed by atoms with van der Waals surface area (Å²) in [4.78, 5) is 23.4. The molecule has 1 aliphatic heterocycles. The predicted octanol–water partition coefficient (Wildman–Crippen LogP) is 4.38. The summed E-state index contributed by atoms with van der Waals surface area (Å²) in [5.74, 6) is 0.241. The molecule has 1 amide bonds. The Morgan fingerprint density at radius 1 is 1.19 bits per heavy atom. The van der Waals surface area contributed by atoms with E-state index in [4.69, 9.17) is 11.6 Å². The fourth-order valence-electron chi connectivity index (χ4n) is 3.02. The molecule has 0 bridgehead atoms. The summed E-state index contributed by atoms with van der Waals surface area (Å²) >= 11 is 6.12. The maximum Gasteiger partial charge on any atom is 0.274 e. The van der Waals surface area contributed by atoms with Crippen molar-refractivity contribution in [2.24, 2.45) is 0 Å². The molecule has 1 N–H and O–H groups in total. The number of halogens is 1. The van der Waals surface area contributed by atoms with Gasteiger partial charge >= 0.3 is 0 Å². The number of anilines is 3. The maximum atomic E-state index is 12.6. The summed E-state index contributed by atoms with van der Waals surface area (Å²) in [6.45, 7) is 2.72. The van der Waals surface area contributed by atoms with Gasteiger partial charge in [-0.3, -0.25) is 4.79 Å². The number of rotatable bonds is 3. The van der Waals surface area contributed by atoms with Gasteiger partial charge in [0.25, 0.3) is 5.91 Å². The van der Waals surface area contributed by atoms with E-state index in [0.29, 0.717) is 22.4 Å². The number of hydrogen-bond acceptors (Lipinski definition) is 4. The first-order valence-electron chi connectivity index (χ1n) is 8.38. The standard InChI is InChI=1S/C20H17ClN4O/c1-13-6-7-15(12-16(13)21)23-19(26)17-8-10-22-20(24-17)25-11-9-14-4-2-3-5-18(14)25/h2-8,10,12H,9,11H2,1H3,(H,23,26). The molecule has 6 heteroatoms. The Hall–Kier alpha value is -2.92. The molecule has 0 saturated heterocycles. The van der Waals surface area contributed by atoms with E-state index in [1.807, 2.05) is 42.2 Å². The minimum absolute atomic E-state index is 0.291. The van der Waals surface area contributed by atoms with Crippen molar-refractivity contribution < 1.29 is 4.79 Å². The zero-order chi connectivity index (χ0) is 18.1. The lowest BCUT2D eigenvalue weighted by Crippen LogP contribution is -2.20. The second-order valence-electron chi connectivity index (χ2n) is 6.19. The Labute approximate surface area is 156 Å². The van der Waals surface area contributed by atoms with Gasteiger partial charge in [0.15, 0.2) is 0 Å². The largest absolute Gasteiger partial charge is 0.321 e. The molecule has 1 aromatic heterocycles. The lowest BCUT2D eigenvalue weighted by Gasteiger charge is -2.17. The molecule has 3 aromatic rings. The van der Waals surface area contributed by atoms with E-state index in [2.05, 4.69) is 21.4 Å². The second kappa shape index (κ2) is 6.77. The third-order valence-electron chi connectivity index (χ3n) is 4.43. The molecule has 0 aliphatic carbocycles. The van der Waals surface area contributed by atoms with E-state index in [0.717, 1.165) is 24.2 Å². The van der Waals surface area contributed by atoms with Crippen LogP contribution in [0.4, 0.5) is 17.3 Å². The monoisotopic (exact) mass is 364 g/mol. The molecule has 0 fully saturated rings. The highest BCUT2D eigenvalue weighted by molar-refractivity contribution is 6.31. The number of hydrogen-bond donors (Lipinski definition) is 1. The van der Waals surface area contributed by atoms with Crippen LogP contribution in [-0.2, 0) is 6.42 Å². The molecule has 0 saturated carbocycles. The van der Waals surface area contributed by atoms with Crippen molar-refractivity contribution in [3.8, 4) is 0 Å². The number of aromatic nitrogens is 2. The SMILES string of the molecule is Cc1ccc(NC(=O)c2ccnc(N3CCc4ccccc43)n2)cc1Cl. The van der Waals surface area contributed by atoms with Gasteiger partial charge in [-0.25, -0.2) is 9.97 Å². The van der Waals surface area contributed by atoms with Crippen LogP contribution in [0.15, 0.2) is 54.7 Å². The highest BCUT2D eigenvalue weighted by Crippen LogP contribution is 2.32. The van der Waals surface area contributed by atoms with Crippen LogP contribution in [0.2, 0.25) is 5.02 Å². The van der Waals surface area contributed by atoms with Gasteiger partial charge in [0.05, 0.1) is 0 Å². The fourth-order valence-corrected chi connectivity index (χ4v) is 3.20. The van der Waals surface area contributed by atoms with Crippen molar-refractivity contribution in [1.29, 1.82) is 0 Å². The summed E-state index contributed by atoms with van der Waals surface area (Å²) in [6.07, 6.45) is 2.55. The molecule has 1 aliphatic rings. The van der Waals surface area contributed by atoms with Gasteiger partial charge in [0.2, 0.25) is 5.95 Å². The number of benzene rings is 2. The van der Waals surface area contributed by atoms with Crippen LogP contribution in [0, 0.1) is 6.92 Å². The third-order valence-corrected chi connectivity index (χ3v) is 4.84. The Morgan fingerprint density at radius 3 is 2.88 bits per heavy atom. The summed E-state index contributed by atoms with van der Waals surface area (Å²) in [6, 6.07) is 15.2. The van der Waals surface area contributed by atoms with Crippen molar-refractivity contribution in [2.75, 3.05) is 16.8 Å². The molecular formula is C20H17ClN4O. The van der Waals surface area contributed by atoms with E-state index in [1.54, 1.807) is 18.3 Å². The first-order chi connectivity index (χ1) is 12.6. The van der Waals surface area contributed by atoms with Crippen LogP contribution >= 0.6 is 11.6 Å². The van der Waals surface area contributed by atoms with E-state index in [-0.39, 0.29) is 5.91 Å². The Kier molecular flexibility index (Phi) is 4.31. The normalized spacial score (nSPS) is 12.8. The van der Waals surface area contributed by atoms with Gasteiger partial charge in [-0.05, 0) is 48.7 Å². The van der Waals surface area contributed by atoms with E-state index in [9.17, 15) is 4.79 Å². The quantitative estimate of drug-likeness (QED) is 0.749. The summed E-state index contributed by atoms with van der Waals surface area (Å²) in [5.41, 5.74) is 4.27. The van der Waals surface area contributed by atoms with Crippen LogP contribution < -0.4 is 10.2 Å². The molecule has 4 rings (SSSR count). The van der Waals surface area contributed by atoms with E-state index < -0.39 is 0 Å². The van der Waals surface area contributed by atoms with Crippen molar-refractivity contribution in [1.82, 2.24) is 9.97 Å². The summed E-state index contributed by atoms with van der Waals surface area (Å²) < 4.78 is 0. The Balaban J connectivity index is 1.58. The van der Waals surface area contributed by atoms with Gasteiger partial charge in [-0.15, -0.1) is 0 Å². The van der Waals surface area contributed by atoms with Crippen LogP contribution in [0.25, 0.3) is 0 Å². The van der Waals surface area contributed by atoms with Gasteiger partial charge in [-0.2, -0.15) is 0 Å². The Bertz CT molecular complexity index is 989. The smallest absolute Gasteiger partial charge is 0.274 e. The van der Waals surface area contributed by atoms with Crippen molar-refractivity contribution in [2.45, 2.75) is 13.3 Å². The van der Waals surface area contributed by atoms with Crippen LogP contribution in [0.3, 0.4) is 0 Å². The lowest BCUT2D eigenvalue weighted by molar-refractivity contribution is 0.102. The topological polar surface area (TPSA) is 58.1 Å². The minimum Gasteiger partial charge on any atom is -0.321 e. The molecule has 0 radical (unpaired) electrons. The number of fused-ring (bicyclic) bond motifs is 1. The molecule has 0 unspecified atom stereocenters. The van der Waals surface area contributed by atoms with Crippen molar-refractivity contribution >= 4 is 34.8 Å². The molecule has 0 atom stereocenters. The average molecular weight is 365 g/mol. The lowest BCUT2D eigenvalue weighted by atomic mass is 10.2. The van der Waals surface area contributed by atoms with Crippen LogP contribution in [0.1, 0.15) is 21.6 Å². The maximum absolute atomic E-state index is 12.6. The first-order valence-corrected chi connectivity index (χ1v) is 8.75. The molecule has 26 heavy (non-hydrogen) atoms. The molecular weight excluding hydrogens is 348 g/mol. The molecule has 2 aromatic carbocycles. The number of nitrogens with zero attached hydrogens (tertiary/aromatic N) is 3. The molecule has 0 spiro atoms. The van der Waals surface area contributed by atoms with Gasteiger partial charge in [-0.1, -0.05) is 35.9 Å². The third kappa shape index (κ3) is 3.13. The molecule has 5 nitrogen and oxygen atoms in total. The van der Waals surface area contributed by atoms with Crippen LogP contribution in [0.5, 0.6) is 0 Å². The number of carbonyl (C=O) groups excluding carboxylic acids is 1. The minimum atomic E-state index is -0.291. The Morgan fingerprint density at radius 2 is 2.04 bits per heavy atom. The van der Waals surface area contributed by atoms with E-state index in [1.165, 1.54) is 5.56 Å². The van der Waals surface area contributed by atoms with Crippen LogP contribution in [-0.4, -0.2) is 22.4 Å². The van der Waals surface area contributed by atoms with Gasteiger partial charge < -0.3 is 10.2 Å². The zero-order valence-electron chi connectivity index (χ0n) is 14.2. The summed E-state index contributed by atoms with van der Waals surface area (Å²) in [7, 11) is 0. The average Bonchev–Trinajstić information content (AvgIpc) is 3.09. The number of aryl methyl sites for hydroxylation is 1. The number of nitrogens with one attached hydrogen (secondary N) is 1. The molecule has 130 valence electrons. The van der Waals surface area contributed by atoms with Crippen molar-refractivity contribution in [3.63, 3.8) is 0 Å². The second-order valence-corrected chi connectivity index (χ2v) is 6.60. The number of amides is 1. The van der Waals surface area contributed by atoms with Crippen molar-refractivity contribution in [3.05, 3.63) is 76.6 Å². The molecule has 2 heterocycles. The number of para-hydroxylation sites is 1. The fraction of sp³-hybridized carbons (Fsp3) is 0.150. The van der Waals surface area contributed by atoms with Gasteiger partial charge in [0.1, 0.15) is 5.69 Å². The van der Waals surface area contributed by atoms with E-state index >= 15 is 0 Å². The number of carbonyl (C=O) groups is 1. The highest BCUT2D eigenvalue weighted by Gasteiger charge is 2.22. The highest BCUT2D eigenvalue weighted by atomic mass is 35.5. The van der Waals surface area contributed by atoms with Gasteiger partial charge in [0, 0.05) is 29.1 Å². The summed E-state index contributed by atoms with van der Waals surface area (Å²) in [5, 5.41) is 3.44. The predicted molar refractivity (Wildman–Crippen MR) is 103 cm³/mol. The zero-order valence-corrected chi connectivity index (χ0v) is 15.0.